The smallest absolute Gasteiger partial charge is 0.330 e. The molecule has 0 aliphatic rings. The van der Waals surface area contributed by atoms with Gasteiger partial charge in [0, 0.05) is 6.20 Å². The lowest BCUT2D eigenvalue weighted by Gasteiger charge is -2.07. The summed E-state index contributed by atoms with van der Waals surface area (Å²) in [4.78, 5) is 0. The first-order valence-electron chi connectivity index (χ1n) is 5.86. The SMILES string of the molecule is NCCc1cnn(Cc2ccc(C(F)(F)F)cc2)c1. The van der Waals surface area contributed by atoms with Crippen LogP contribution < -0.4 is 5.73 Å². The van der Waals surface area contributed by atoms with Crippen LogP contribution >= 0.6 is 0 Å². The zero-order valence-corrected chi connectivity index (χ0v) is 10.2. The quantitative estimate of drug-likeness (QED) is 0.926. The highest BCUT2D eigenvalue weighted by atomic mass is 19.4. The summed E-state index contributed by atoms with van der Waals surface area (Å²) >= 11 is 0. The van der Waals surface area contributed by atoms with Gasteiger partial charge < -0.3 is 5.73 Å². The summed E-state index contributed by atoms with van der Waals surface area (Å²) in [5.74, 6) is 0. The molecular weight excluding hydrogens is 255 g/mol. The molecular formula is C13H14F3N3. The molecule has 0 saturated heterocycles. The van der Waals surface area contributed by atoms with E-state index in [0.29, 0.717) is 13.1 Å². The lowest BCUT2D eigenvalue weighted by molar-refractivity contribution is -0.137. The second kappa shape index (κ2) is 5.44. The monoisotopic (exact) mass is 269 g/mol. The van der Waals surface area contributed by atoms with Crippen LogP contribution in [0.25, 0.3) is 0 Å². The third-order valence-corrected chi connectivity index (χ3v) is 2.75. The van der Waals surface area contributed by atoms with E-state index in [-0.39, 0.29) is 0 Å². The number of benzene rings is 1. The van der Waals surface area contributed by atoms with Crippen LogP contribution in [0, 0.1) is 0 Å². The number of rotatable bonds is 4. The molecule has 2 rings (SSSR count). The van der Waals surface area contributed by atoms with E-state index in [2.05, 4.69) is 5.10 Å². The van der Waals surface area contributed by atoms with Gasteiger partial charge in [0.05, 0.1) is 18.3 Å². The molecule has 0 unspecified atom stereocenters. The van der Waals surface area contributed by atoms with Crippen molar-refractivity contribution in [2.75, 3.05) is 6.54 Å². The van der Waals surface area contributed by atoms with Gasteiger partial charge in [0.2, 0.25) is 0 Å². The molecule has 19 heavy (non-hydrogen) atoms. The first-order valence-corrected chi connectivity index (χ1v) is 5.86. The third kappa shape index (κ3) is 3.57. The van der Waals surface area contributed by atoms with Gasteiger partial charge >= 0.3 is 6.18 Å². The van der Waals surface area contributed by atoms with Gasteiger partial charge in [0.25, 0.3) is 0 Å². The van der Waals surface area contributed by atoms with Gasteiger partial charge in [-0.2, -0.15) is 18.3 Å². The Hall–Kier alpha value is -1.82. The Labute approximate surface area is 108 Å². The van der Waals surface area contributed by atoms with Gasteiger partial charge in [-0.1, -0.05) is 12.1 Å². The molecule has 1 aromatic heterocycles. The third-order valence-electron chi connectivity index (χ3n) is 2.75. The van der Waals surface area contributed by atoms with Crippen LogP contribution in [0.3, 0.4) is 0 Å². The number of hydrogen-bond acceptors (Lipinski definition) is 2. The van der Waals surface area contributed by atoms with Gasteiger partial charge in [0.1, 0.15) is 0 Å². The highest BCUT2D eigenvalue weighted by molar-refractivity contribution is 5.24. The first-order chi connectivity index (χ1) is 8.99. The number of alkyl halides is 3. The fraction of sp³-hybridized carbons (Fsp3) is 0.308. The van der Waals surface area contributed by atoms with Crippen molar-refractivity contribution in [2.45, 2.75) is 19.1 Å². The maximum Gasteiger partial charge on any atom is 0.416 e. The first kappa shape index (κ1) is 13.6. The number of nitrogens with zero attached hydrogens (tertiary/aromatic N) is 2. The van der Waals surface area contributed by atoms with Crippen LogP contribution in [-0.2, 0) is 19.1 Å². The molecule has 0 aliphatic carbocycles. The zero-order chi connectivity index (χ0) is 13.9. The van der Waals surface area contributed by atoms with E-state index in [1.54, 1.807) is 10.9 Å². The average Bonchev–Trinajstić information content (AvgIpc) is 2.77. The molecule has 0 atom stereocenters. The molecule has 0 saturated carbocycles. The average molecular weight is 269 g/mol. The van der Waals surface area contributed by atoms with Gasteiger partial charge in [-0.3, -0.25) is 4.68 Å². The molecule has 1 heterocycles. The van der Waals surface area contributed by atoms with E-state index in [1.807, 2.05) is 6.20 Å². The fourth-order valence-corrected chi connectivity index (χ4v) is 1.77. The van der Waals surface area contributed by atoms with Crippen molar-refractivity contribution >= 4 is 0 Å². The topological polar surface area (TPSA) is 43.8 Å². The maximum absolute atomic E-state index is 12.4. The van der Waals surface area contributed by atoms with Crippen molar-refractivity contribution in [3.05, 3.63) is 53.3 Å². The van der Waals surface area contributed by atoms with Crippen LogP contribution in [0.1, 0.15) is 16.7 Å². The van der Waals surface area contributed by atoms with Crippen molar-refractivity contribution in [3.63, 3.8) is 0 Å². The molecule has 0 fully saturated rings. The molecule has 2 N–H and O–H groups in total. The predicted octanol–water partition coefficient (Wildman–Crippen LogP) is 2.45. The van der Waals surface area contributed by atoms with Gasteiger partial charge in [-0.05, 0) is 36.2 Å². The van der Waals surface area contributed by atoms with E-state index in [4.69, 9.17) is 5.73 Å². The van der Waals surface area contributed by atoms with E-state index >= 15 is 0 Å². The highest BCUT2D eigenvalue weighted by Gasteiger charge is 2.29. The Morgan fingerprint density at radius 2 is 1.79 bits per heavy atom. The standard InChI is InChI=1S/C13H14F3N3/c14-13(15,16)12-3-1-10(2-4-12)8-19-9-11(5-6-17)7-18-19/h1-4,7,9H,5-6,8,17H2. The summed E-state index contributed by atoms with van der Waals surface area (Å²) in [6.45, 7) is 0.995. The lowest BCUT2D eigenvalue weighted by Crippen LogP contribution is -2.06. The van der Waals surface area contributed by atoms with Crippen molar-refractivity contribution in [2.24, 2.45) is 5.73 Å². The number of hydrogen-bond donors (Lipinski definition) is 1. The number of nitrogens with two attached hydrogens (primary N) is 1. The molecule has 6 heteroatoms. The Balaban J connectivity index is 2.06. The molecule has 0 radical (unpaired) electrons. The fourth-order valence-electron chi connectivity index (χ4n) is 1.77. The minimum atomic E-state index is -4.29. The summed E-state index contributed by atoms with van der Waals surface area (Å²) < 4.78 is 38.9. The summed E-state index contributed by atoms with van der Waals surface area (Å²) in [5.41, 5.74) is 6.59. The van der Waals surface area contributed by atoms with Crippen LogP contribution in [0.15, 0.2) is 36.7 Å². The molecule has 102 valence electrons. The molecule has 0 bridgehead atoms. The second-order valence-electron chi connectivity index (χ2n) is 4.28. The van der Waals surface area contributed by atoms with Crippen molar-refractivity contribution in [3.8, 4) is 0 Å². The van der Waals surface area contributed by atoms with Crippen molar-refractivity contribution in [1.29, 1.82) is 0 Å². The van der Waals surface area contributed by atoms with Crippen molar-refractivity contribution < 1.29 is 13.2 Å². The van der Waals surface area contributed by atoms with E-state index in [0.717, 1.165) is 29.7 Å². The minimum absolute atomic E-state index is 0.447. The summed E-state index contributed by atoms with van der Waals surface area (Å²) in [5, 5.41) is 4.14. The highest BCUT2D eigenvalue weighted by Crippen LogP contribution is 2.29. The second-order valence-corrected chi connectivity index (χ2v) is 4.28. The zero-order valence-electron chi connectivity index (χ0n) is 10.2. The van der Waals surface area contributed by atoms with Gasteiger partial charge in [-0.15, -0.1) is 0 Å². The molecule has 0 spiro atoms. The number of halogens is 3. The molecule has 2 aromatic rings. The Morgan fingerprint density at radius 3 is 2.37 bits per heavy atom. The van der Waals surface area contributed by atoms with Gasteiger partial charge in [0.15, 0.2) is 0 Å². The van der Waals surface area contributed by atoms with Crippen LogP contribution in [0.4, 0.5) is 13.2 Å². The van der Waals surface area contributed by atoms with Crippen LogP contribution in [0.2, 0.25) is 0 Å². The van der Waals surface area contributed by atoms with Crippen LogP contribution in [-0.4, -0.2) is 16.3 Å². The predicted molar refractivity (Wildman–Crippen MR) is 65.5 cm³/mol. The largest absolute Gasteiger partial charge is 0.416 e. The maximum atomic E-state index is 12.4. The number of aromatic nitrogens is 2. The molecule has 0 amide bonds. The Bertz CT molecular complexity index is 529. The molecule has 0 aliphatic heterocycles. The lowest BCUT2D eigenvalue weighted by atomic mass is 10.1. The minimum Gasteiger partial charge on any atom is -0.330 e. The molecule has 1 aromatic carbocycles. The summed E-state index contributed by atoms with van der Waals surface area (Å²) in [6.07, 6.45) is 0.0208. The Morgan fingerprint density at radius 1 is 1.11 bits per heavy atom. The van der Waals surface area contributed by atoms with Gasteiger partial charge in [-0.25, -0.2) is 0 Å². The Kier molecular flexibility index (Phi) is 3.90. The van der Waals surface area contributed by atoms with E-state index in [1.165, 1.54) is 12.1 Å². The van der Waals surface area contributed by atoms with Crippen LogP contribution in [0.5, 0.6) is 0 Å². The van der Waals surface area contributed by atoms with E-state index < -0.39 is 11.7 Å². The molecule has 3 nitrogen and oxygen atoms in total. The van der Waals surface area contributed by atoms with E-state index in [9.17, 15) is 13.2 Å². The van der Waals surface area contributed by atoms with Crippen molar-refractivity contribution in [1.82, 2.24) is 9.78 Å². The normalized spacial score (nSPS) is 11.8. The summed E-state index contributed by atoms with van der Waals surface area (Å²) in [7, 11) is 0. The summed E-state index contributed by atoms with van der Waals surface area (Å²) in [6, 6.07) is 5.10.